The van der Waals surface area contributed by atoms with Crippen LogP contribution in [0.3, 0.4) is 0 Å². The Bertz CT molecular complexity index is 4360. The van der Waals surface area contributed by atoms with Crippen molar-refractivity contribution in [2.75, 3.05) is 0 Å². The molecular weight excluding hydrogens is 1070 g/mol. The van der Waals surface area contributed by atoms with Crippen molar-refractivity contribution in [1.29, 1.82) is 0 Å². The van der Waals surface area contributed by atoms with E-state index < -0.39 is 41.5 Å². The zero-order valence-corrected chi connectivity index (χ0v) is 42.9. The normalized spacial score (nSPS) is 11.9. The summed E-state index contributed by atoms with van der Waals surface area (Å²) in [7, 11) is -15.2. The first-order valence-corrected chi connectivity index (χ1v) is 26.5. The molecule has 1 heterocycles. The van der Waals surface area contributed by atoms with Gasteiger partial charge in [0.2, 0.25) is 0 Å². The third-order valence-electron chi connectivity index (χ3n) is 10.9. The van der Waals surface area contributed by atoms with Gasteiger partial charge in [-0.05, 0) is 146 Å². The van der Waals surface area contributed by atoms with Crippen LogP contribution >= 0.6 is 0 Å². The summed E-state index contributed by atoms with van der Waals surface area (Å²) in [6.45, 7) is 7.47. The van der Waals surface area contributed by atoms with Crippen molar-refractivity contribution in [2.45, 2.75) is 37.5 Å². The highest BCUT2D eigenvalue weighted by molar-refractivity contribution is 7.86. The van der Waals surface area contributed by atoms with Crippen LogP contribution in [0.2, 0.25) is 0 Å². The van der Waals surface area contributed by atoms with Gasteiger partial charge in [-0.25, -0.2) is 0 Å². The minimum absolute atomic E-state index is 0.0137. The first-order valence-electron chi connectivity index (χ1n) is 21.6. The molecule has 386 valence electrons. The summed E-state index contributed by atoms with van der Waals surface area (Å²) in [5.74, 6) is -0.0717. The topological polar surface area (TPSA) is 361 Å². The Morgan fingerprint density at radius 2 is 0.895 bits per heavy atom. The fourth-order valence-electron chi connectivity index (χ4n) is 7.36. The predicted octanol–water partition coefficient (Wildman–Crippen LogP) is 11.8. The van der Waals surface area contributed by atoms with Crippen LogP contribution in [0, 0.1) is 27.7 Å². The number of phenols is 1. The number of phenolic OH excluding ortho intramolecular Hbond substituents is 1. The highest BCUT2D eigenvalue weighted by Gasteiger charge is 2.20. The molecule has 0 bridgehead atoms. The Balaban J connectivity index is 0.000000982. The molecule has 0 atom stereocenters. The SMILES string of the molecule is Cc1cc(N=Nc2cc(C)c(N=Nc3ccc4cc(-n5nc6cc(S(=O)(=O)O)c7ccccc7c6n5)ccc4c3O)cc2C)ccc1N=Nc1ccc(N=Nc2ccccc2S(=O)(=O)O)c(C)c1.O=S(=O)=O.O=S(=O)=O. The van der Waals surface area contributed by atoms with Gasteiger partial charge in [-0.15, -0.1) is 45.7 Å². The van der Waals surface area contributed by atoms with Gasteiger partial charge in [0, 0.05) is 16.2 Å². The smallest absolute Gasteiger partial charge is 0.425 e. The number of rotatable bonds is 11. The summed E-state index contributed by atoms with van der Waals surface area (Å²) in [6, 6.07) is 36.8. The van der Waals surface area contributed by atoms with Crippen molar-refractivity contribution in [3.05, 3.63) is 156 Å². The third kappa shape index (κ3) is 13.4. The number of hydrogen-bond acceptors (Lipinski definition) is 21. The minimum atomic E-state index is -4.52. The molecule has 8 aromatic carbocycles. The second kappa shape index (κ2) is 23.0. The molecule has 0 radical (unpaired) electrons. The molecule has 0 unspecified atom stereocenters. The lowest BCUT2D eigenvalue weighted by Crippen LogP contribution is -1.99. The lowest BCUT2D eigenvalue weighted by molar-refractivity contribution is 0.481. The van der Waals surface area contributed by atoms with Crippen LogP contribution in [-0.4, -0.2) is 71.3 Å². The molecule has 9 aromatic rings. The molecule has 0 aliphatic heterocycles. The van der Waals surface area contributed by atoms with Crippen molar-refractivity contribution < 1.29 is 56.3 Å². The van der Waals surface area contributed by atoms with Gasteiger partial charge >= 0.3 is 21.2 Å². The van der Waals surface area contributed by atoms with E-state index in [1.807, 2.05) is 45.9 Å². The summed E-state index contributed by atoms with van der Waals surface area (Å²) in [5.41, 5.74) is 8.23. The molecule has 76 heavy (non-hydrogen) atoms. The Hall–Kier alpha value is -9.06. The number of azo groups is 4. The highest BCUT2D eigenvalue weighted by Crippen LogP contribution is 2.39. The number of benzene rings is 8. The van der Waals surface area contributed by atoms with E-state index in [0.29, 0.717) is 66.9 Å². The zero-order chi connectivity index (χ0) is 55.1. The van der Waals surface area contributed by atoms with Crippen molar-refractivity contribution in [2.24, 2.45) is 40.9 Å². The van der Waals surface area contributed by atoms with Crippen LogP contribution in [0.15, 0.2) is 184 Å². The predicted molar refractivity (Wildman–Crippen MR) is 276 cm³/mol. The average Bonchev–Trinajstić information content (AvgIpc) is 3.82. The molecule has 3 N–H and O–H groups in total. The summed E-state index contributed by atoms with van der Waals surface area (Å²) in [4.78, 5) is 0.784. The van der Waals surface area contributed by atoms with Gasteiger partial charge < -0.3 is 5.11 Å². The fourth-order valence-corrected chi connectivity index (χ4v) is 8.70. The van der Waals surface area contributed by atoms with Gasteiger partial charge in [-0.1, -0.05) is 42.5 Å². The molecule has 0 spiro atoms. The van der Waals surface area contributed by atoms with E-state index in [1.165, 1.54) is 29.1 Å². The molecule has 1 aromatic heterocycles. The van der Waals surface area contributed by atoms with Gasteiger partial charge in [0.25, 0.3) is 20.2 Å². The zero-order valence-electron chi connectivity index (χ0n) is 39.7. The van der Waals surface area contributed by atoms with Crippen LogP contribution in [0.25, 0.3) is 38.3 Å². The van der Waals surface area contributed by atoms with E-state index in [4.69, 9.17) is 25.3 Å². The van der Waals surface area contributed by atoms with Crippen molar-refractivity contribution in [3.63, 3.8) is 0 Å². The van der Waals surface area contributed by atoms with Gasteiger partial charge in [-0.2, -0.15) is 52.3 Å². The van der Waals surface area contributed by atoms with Gasteiger partial charge in [0.15, 0.2) is 5.75 Å². The quantitative estimate of drug-likeness (QED) is 0.0800. The number of nitrogens with zero attached hydrogens (tertiary/aromatic N) is 11. The third-order valence-corrected chi connectivity index (χ3v) is 12.7. The molecule has 0 saturated heterocycles. The highest BCUT2D eigenvalue weighted by atomic mass is 32.2. The Kier molecular flexibility index (Phi) is 16.6. The first-order chi connectivity index (χ1) is 36.0. The molecule has 0 fully saturated rings. The van der Waals surface area contributed by atoms with Gasteiger partial charge in [0.05, 0.1) is 39.8 Å². The lowest BCUT2D eigenvalue weighted by Gasteiger charge is -2.07. The molecule has 9 rings (SSSR count). The molecule has 24 nitrogen and oxygen atoms in total. The number of aromatic nitrogens is 3. The first kappa shape index (κ1) is 54.7. The second-order valence-corrected chi connectivity index (χ2v) is 19.7. The van der Waals surface area contributed by atoms with Gasteiger partial charge in [0.1, 0.15) is 32.2 Å². The fraction of sp³-hybridized carbons (Fsp3) is 0.0833. The minimum Gasteiger partial charge on any atom is -0.505 e. The molecule has 0 aliphatic rings. The summed E-state index contributed by atoms with van der Waals surface area (Å²) in [6.07, 6.45) is 0. The van der Waals surface area contributed by atoms with E-state index in [9.17, 15) is 31.0 Å². The largest absolute Gasteiger partial charge is 0.505 e. The summed E-state index contributed by atoms with van der Waals surface area (Å²) in [5, 5.41) is 57.2. The van der Waals surface area contributed by atoms with Crippen LogP contribution in [0.5, 0.6) is 5.75 Å². The number of fused-ring (bicyclic) bond motifs is 4. The molecule has 0 saturated carbocycles. The van der Waals surface area contributed by atoms with Crippen molar-refractivity contribution in [1.82, 2.24) is 15.0 Å². The van der Waals surface area contributed by atoms with Crippen molar-refractivity contribution >= 4 is 120 Å². The van der Waals surface area contributed by atoms with E-state index in [0.717, 1.165) is 22.3 Å². The van der Waals surface area contributed by atoms with Crippen LogP contribution in [0.4, 0.5) is 45.5 Å². The van der Waals surface area contributed by atoms with E-state index in [-0.39, 0.29) is 32.4 Å². The molecule has 0 amide bonds. The van der Waals surface area contributed by atoms with Crippen LogP contribution < -0.4 is 0 Å². The molecular formula is C48H37N11O13S4. The van der Waals surface area contributed by atoms with Crippen LogP contribution in [-0.2, 0) is 41.5 Å². The molecule has 0 aliphatic carbocycles. The van der Waals surface area contributed by atoms with E-state index >= 15 is 0 Å². The van der Waals surface area contributed by atoms with E-state index in [1.54, 1.807) is 91.0 Å². The number of hydrogen-bond donors (Lipinski definition) is 3. The monoisotopic (exact) mass is 1100 g/mol. The maximum atomic E-state index is 12.2. The maximum Gasteiger partial charge on any atom is 0.425 e. The standard InChI is InChI=1S/C48H37N11O7S2.2O3S/c1-27-21-33(14-19-38(27)51-49-32-15-20-39(28(2)22-32)52-53-40-11-7-8-12-45(40)67(61,62)63)50-55-42-23-30(4)43(24-29(42)3)56-54-41-18-13-31-25-34(16-17-35(31)48(41)60)59-57-44-26-46(68(64,65)66)36-9-5-6-10-37(36)47(44)58-59;2*1-4(2)3/h5-26,60H,1-4H3,(H,61,62,63)(H,64,65,66);;. The maximum absolute atomic E-state index is 12.2. The number of aromatic hydroxyl groups is 1. The van der Waals surface area contributed by atoms with E-state index in [2.05, 4.69) is 51.1 Å². The van der Waals surface area contributed by atoms with Crippen molar-refractivity contribution in [3.8, 4) is 11.4 Å². The Labute approximate surface area is 434 Å². The number of aryl methyl sites for hydroxylation is 4. The Morgan fingerprint density at radius 1 is 0.434 bits per heavy atom. The van der Waals surface area contributed by atoms with Gasteiger partial charge in [-0.3, -0.25) is 9.11 Å². The van der Waals surface area contributed by atoms with Crippen LogP contribution in [0.1, 0.15) is 22.3 Å². The summed E-state index contributed by atoms with van der Waals surface area (Å²) < 4.78 is 118. The Morgan fingerprint density at radius 3 is 1.46 bits per heavy atom. The lowest BCUT2D eigenvalue weighted by atomic mass is 10.1. The molecule has 28 heteroatoms. The summed E-state index contributed by atoms with van der Waals surface area (Å²) >= 11 is 0. The average molecular weight is 1100 g/mol. The second-order valence-electron chi connectivity index (χ2n) is 16.1.